The number of anilines is 2. The number of ether oxygens (including phenoxy) is 2. The Bertz CT molecular complexity index is 1230. The monoisotopic (exact) mass is 606 g/mol. The van der Waals surface area contributed by atoms with Crippen molar-refractivity contribution >= 4 is 23.3 Å². The minimum Gasteiger partial charge on any atom is -0.462 e. The second-order valence-corrected chi connectivity index (χ2v) is 15.8. The maximum Gasteiger partial charge on any atom is 0.306 e. The van der Waals surface area contributed by atoms with E-state index in [1.807, 2.05) is 0 Å². The van der Waals surface area contributed by atoms with Crippen molar-refractivity contribution in [1.82, 2.24) is 0 Å². The quantitative estimate of drug-likeness (QED) is 0.148. The Morgan fingerprint density at radius 2 is 1.73 bits per heavy atom. The number of hydrogen-bond acceptors (Lipinski definition) is 6. The molecule has 8 unspecified atom stereocenters. The second kappa shape index (κ2) is 13.5. The molecule has 1 aromatic rings. The average molecular weight is 607 g/mol. The highest BCUT2D eigenvalue weighted by molar-refractivity contribution is 5.77. The molecule has 4 N–H and O–H groups in total. The van der Waals surface area contributed by atoms with E-state index in [9.17, 15) is 9.59 Å². The molecule has 0 radical (unpaired) electrons. The summed E-state index contributed by atoms with van der Waals surface area (Å²) in [6, 6.07) is 5.11. The van der Waals surface area contributed by atoms with Gasteiger partial charge in [-0.2, -0.15) is 0 Å². The third-order valence-electron chi connectivity index (χ3n) is 12.6. The number of nitrogens with two attached hydrogens (primary N) is 2. The largest absolute Gasteiger partial charge is 0.462 e. The number of rotatable bonds is 11. The van der Waals surface area contributed by atoms with Crippen LogP contribution in [0.1, 0.15) is 124 Å². The Hall–Kier alpha value is -2.50. The number of nitrogen functional groups attached to an aromatic ring is 2. The number of carbonyl (C=O) groups excluding carboxylic acids is 2. The molecule has 1 aromatic carbocycles. The van der Waals surface area contributed by atoms with Crippen molar-refractivity contribution in [2.45, 2.75) is 131 Å². The fraction of sp³-hybridized carbons (Fsp3) is 0.737. The summed E-state index contributed by atoms with van der Waals surface area (Å²) in [7, 11) is 0. The highest BCUT2D eigenvalue weighted by Gasteiger charge is 2.59. The summed E-state index contributed by atoms with van der Waals surface area (Å²) in [6.45, 7) is 12.5. The van der Waals surface area contributed by atoms with E-state index in [1.165, 1.54) is 56.9 Å². The highest BCUT2D eigenvalue weighted by Crippen LogP contribution is 2.67. The predicted molar refractivity (Wildman–Crippen MR) is 177 cm³/mol. The van der Waals surface area contributed by atoms with Crippen LogP contribution in [0, 0.1) is 46.3 Å². The van der Waals surface area contributed by atoms with Crippen molar-refractivity contribution in [2.75, 3.05) is 11.5 Å². The van der Waals surface area contributed by atoms with Gasteiger partial charge in [0.05, 0.1) is 12.8 Å². The van der Waals surface area contributed by atoms with Crippen LogP contribution in [0.3, 0.4) is 0 Å². The molecule has 4 aliphatic carbocycles. The molecule has 244 valence electrons. The highest BCUT2D eigenvalue weighted by atomic mass is 16.5. The van der Waals surface area contributed by atoms with Crippen molar-refractivity contribution in [3.8, 4) is 0 Å². The first-order valence-corrected chi connectivity index (χ1v) is 17.6. The van der Waals surface area contributed by atoms with E-state index in [0.29, 0.717) is 22.4 Å². The molecule has 0 bridgehead atoms. The molecule has 0 aliphatic heterocycles. The molecule has 5 rings (SSSR count). The van der Waals surface area contributed by atoms with Crippen LogP contribution in [0.15, 0.2) is 29.8 Å². The lowest BCUT2D eigenvalue weighted by molar-refractivity contribution is -0.155. The SMILES string of the molecule is CC(C)CCCC(C)C1CCC2C3CC=C4CC(OC(=O)CCC(=O)OCc5ccc(N)cc5N)CCC4(C)C3CCC12C. The summed E-state index contributed by atoms with van der Waals surface area (Å²) in [6.07, 6.45) is 16.2. The second-order valence-electron chi connectivity index (χ2n) is 15.8. The van der Waals surface area contributed by atoms with E-state index in [-0.39, 0.29) is 36.9 Å². The zero-order chi connectivity index (χ0) is 31.6. The topological polar surface area (TPSA) is 105 Å². The fourth-order valence-corrected chi connectivity index (χ4v) is 10.2. The minimum atomic E-state index is -0.432. The van der Waals surface area contributed by atoms with Crippen molar-refractivity contribution in [2.24, 2.45) is 46.3 Å². The molecular weight excluding hydrogens is 548 g/mol. The molecule has 6 heteroatoms. The lowest BCUT2D eigenvalue weighted by Crippen LogP contribution is -2.51. The van der Waals surface area contributed by atoms with Crippen molar-refractivity contribution in [3.63, 3.8) is 0 Å². The molecule has 44 heavy (non-hydrogen) atoms. The molecule has 0 heterocycles. The van der Waals surface area contributed by atoms with Crippen LogP contribution in [0.25, 0.3) is 0 Å². The van der Waals surface area contributed by atoms with Gasteiger partial charge in [-0.1, -0.05) is 71.6 Å². The summed E-state index contributed by atoms with van der Waals surface area (Å²) >= 11 is 0. The predicted octanol–water partition coefficient (Wildman–Crippen LogP) is 8.63. The number of benzene rings is 1. The number of hydrogen-bond donors (Lipinski definition) is 2. The summed E-state index contributed by atoms with van der Waals surface area (Å²) in [4.78, 5) is 25.0. The first-order valence-electron chi connectivity index (χ1n) is 17.6. The van der Waals surface area contributed by atoms with Gasteiger partial charge in [-0.15, -0.1) is 0 Å². The van der Waals surface area contributed by atoms with Crippen LogP contribution < -0.4 is 11.5 Å². The average Bonchev–Trinajstić information content (AvgIpc) is 3.33. The summed E-state index contributed by atoms with van der Waals surface area (Å²) in [5, 5.41) is 0. The van der Waals surface area contributed by atoms with Gasteiger partial charge in [0.25, 0.3) is 0 Å². The third-order valence-corrected chi connectivity index (χ3v) is 12.6. The van der Waals surface area contributed by atoms with E-state index in [4.69, 9.17) is 20.9 Å². The van der Waals surface area contributed by atoms with E-state index in [1.54, 1.807) is 18.2 Å². The lowest BCUT2D eigenvalue weighted by atomic mass is 9.47. The van der Waals surface area contributed by atoms with Crippen LogP contribution >= 0.6 is 0 Å². The number of allylic oxidation sites excluding steroid dienone is 1. The van der Waals surface area contributed by atoms with Crippen LogP contribution in [-0.4, -0.2) is 18.0 Å². The molecule has 8 atom stereocenters. The molecule has 6 nitrogen and oxygen atoms in total. The van der Waals surface area contributed by atoms with Gasteiger partial charge in [0.15, 0.2) is 0 Å². The van der Waals surface area contributed by atoms with E-state index in [2.05, 4.69) is 40.7 Å². The van der Waals surface area contributed by atoms with E-state index in [0.717, 1.165) is 54.8 Å². The number of carbonyl (C=O) groups is 2. The molecular formula is C38H58N2O4. The van der Waals surface area contributed by atoms with Gasteiger partial charge in [0.1, 0.15) is 12.7 Å². The third kappa shape index (κ3) is 6.84. The fourth-order valence-electron chi connectivity index (χ4n) is 10.2. The Labute approximate surface area is 266 Å². The summed E-state index contributed by atoms with van der Waals surface area (Å²) in [5.74, 6) is 4.16. The van der Waals surface area contributed by atoms with Crippen LogP contribution in [-0.2, 0) is 25.7 Å². The van der Waals surface area contributed by atoms with Gasteiger partial charge >= 0.3 is 11.9 Å². The van der Waals surface area contributed by atoms with Gasteiger partial charge in [0, 0.05) is 23.4 Å². The smallest absolute Gasteiger partial charge is 0.306 e. The van der Waals surface area contributed by atoms with Gasteiger partial charge in [-0.05, 0) is 103 Å². The van der Waals surface area contributed by atoms with Crippen LogP contribution in [0.4, 0.5) is 11.4 Å². The van der Waals surface area contributed by atoms with Crippen LogP contribution in [0.2, 0.25) is 0 Å². The van der Waals surface area contributed by atoms with Gasteiger partial charge < -0.3 is 20.9 Å². The standard InChI is InChI=1S/C38H58N2O4/c1-24(2)7-6-8-25(3)31-13-14-32-30-12-10-27-21-29(17-19-37(27,4)33(30)18-20-38(31,32)5)44-36(42)16-15-35(41)43-23-26-9-11-28(39)22-34(26)40/h9-11,22,24-25,29-33H,6-8,12-21,23,39-40H2,1-5H3. The van der Waals surface area contributed by atoms with Crippen molar-refractivity contribution < 1.29 is 19.1 Å². The molecule has 0 amide bonds. The first-order chi connectivity index (χ1) is 20.9. The van der Waals surface area contributed by atoms with Crippen LogP contribution in [0.5, 0.6) is 0 Å². The minimum absolute atomic E-state index is 0.00207. The van der Waals surface area contributed by atoms with E-state index < -0.39 is 5.97 Å². The first kappa shape index (κ1) is 32.9. The van der Waals surface area contributed by atoms with Gasteiger partial charge in [-0.3, -0.25) is 9.59 Å². The number of fused-ring (bicyclic) bond motifs is 5. The Balaban J connectivity index is 1.11. The summed E-state index contributed by atoms with van der Waals surface area (Å²) in [5.41, 5.74) is 15.7. The normalized spacial score (nSPS) is 33.5. The van der Waals surface area contributed by atoms with E-state index >= 15 is 0 Å². The summed E-state index contributed by atoms with van der Waals surface area (Å²) < 4.78 is 11.2. The Morgan fingerprint density at radius 1 is 0.955 bits per heavy atom. The molecule has 0 aromatic heterocycles. The van der Waals surface area contributed by atoms with Gasteiger partial charge in [-0.25, -0.2) is 0 Å². The zero-order valence-corrected chi connectivity index (χ0v) is 28.0. The van der Waals surface area contributed by atoms with Gasteiger partial charge in [0.2, 0.25) is 0 Å². The Kier molecular flexibility index (Phi) is 10.1. The van der Waals surface area contributed by atoms with Crippen molar-refractivity contribution in [1.29, 1.82) is 0 Å². The zero-order valence-electron chi connectivity index (χ0n) is 28.0. The molecule has 0 saturated heterocycles. The molecule has 4 aliphatic rings. The Morgan fingerprint density at radius 3 is 2.48 bits per heavy atom. The maximum absolute atomic E-state index is 12.7. The maximum atomic E-state index is 12.7. The number of esters is 2. The molecule has 3 fully saturated rings. The lowest BCUT2D eigenvalue weighted by Gasteiger charge is -2.58. The molecule has 0 spiro atoms. The molecule has 3 saturated carbocycles. The van der Waals surface area contributed by atoms with Crippen molar-refractivity contribution in [3.05, 3.63) is 35.4 Å².